The molecule has 1 aliphatic heterocycles. The molecule has 0 radical (unpaired) electrons. The number of likely N-dealkylation sites (tertiary alicyclic amines) is 1. The number of likely N-dealkylation sites (N-methyl/N-ethyl adjacent to an activating group) is 1. The van der Waals surface area contributed by atoms with Crippen LogP contribution in [0.1, 0.15) is 25.7 Å². The minimum Gasteiger partial charge on any atom is -0.481 e. The van der Waals surface area contributed by atoms with E-state index in [1.165, 1.54) is 0 Å². The van der Waals surface area contributed by atoms with Crippen molar-refractivity contribution in [3.8, 4) is 0 Å². The maximum absolute atomic E-state index is 11.8. The molecule has 0 aromatic heterocycles. The van der Waals surface area contributed by atoms with Crippen LogP contribution in [0.4, 0.5) is 4.79 Å². The van der Waals surface area contributed by atoms with Gasteiger partial charge in [0.05, 0.1) is 5.92 Å². The number of carboxylic acids is 1. The minimum absolute atomic E-state index is 0.00485. The van der Waals surface area contributed by atoms with Gasteiger partial charge < -0.3 is 20.6 Å². The van der Waals surface area contributed by atoms with Gasteiger partial charge in [0.2, 0.25) is 0 Å². The van der Waals surface area contributed by atoms with Crippen molar-refractivity contribution < 1.29 is 14.7 Å². The average molecular weight is 255 g/mol. The average Bonchev–Trinajstić information content (AvgIpc) is 2.88. The number of hydrogen-bond donors (Lipinski definition) is 3. The topological polar surface area (TPSA) is 81.7 Å². The van der Waals surface area contributed by atoms with Crippen molar-refractivity contribution in [3.05, 3.63) is 0 Å². The van der Waals surface area contributed by atoms with Crippen molar-refractivity contribution in [1.29, 1.82) is 0 Å². The number of nitrogens with zero attached hydrogens (tertiary/aromatic N) is 1. The summed E-state index contributed by atoms with van der Waals surface area (Å²) in [6.07, 6.45) is 2.95. The Morgan fingerprint density at radius 2 is 1.89 bits per heavy atom. The molecule has 0 bridgehead atoms. The van der Waals surface area contributed by atoms with Crippen LogP contribution >= 0.6 is 0 Å². The zero-order valence-corrected chi connectivity index (χ0v) is 10.7. The molecule has 2 amide bonds. The van der Waals surface area contributed by atoms with Gasteiger partial charge in [-0.1, -0.05) is 0 Å². The molecule has 1 heterocycles. The molecular weight excluding hydrogens is 234 g/mol. The molecule has 6 nitrogen and oxygen atoms in total. The highest BCUT2D eigenvalue weighted by molar-refractivity contribution is 5.75. The lowest BCUT2D eigenvalue weighted by atomic mass is 10.1. The highest BCUT2D eigenvalue weighted by atomic mass is 16.4. The Morgan fingerprint density at radius 1 is 1.17 bits per heavy atom. The standard InChI is InChI=1S/C12H21N3O3/c1-15-5-4-10(7-15)14-12(18)13-9-3-2-8(6-9)11(16)17/h8-10H,2-7H2,1H3,(H,16,17)(H2,13,14,18). The van der Waals surface area contributed by atoms with Gasteiger partial charge in [0.1, 0.15) is 0 Å². The number of nitrogens with one attached hydrogen (secondary N) is 2. The molecule has 6 heteroatoms. The van der Waals surface area contributed by atoms with E-state index in [0.29, 0.717) is 12.8 Å². The van der Waals surface area contributed by atoms with Crippen LogP contribution < -0.4 is 10.6 Å². The van der Waals surface area contributed by atoms with Gasteiger partial charge in [-0.15, -0.1) is 0 Å². The van der Waals surface area contributed by atoms with E-state index in [2.05, 4.69) is 15.5 Å². The van der Waals surface area contributed by atoms with E-state index in [1.807, 2.05) is 7.05 Å². The van der Waals surface area contributed by atoms with E-state index in [-0.39, 0.29) is 24.0 Å². The Hall–Kier alpha value is -1.30. The highest BCUT2D eigenvalue weighted by Gasteiger charge is 2.31. The molecule has 3 N–H and O–H groups in total. The molecule has 102 valence electrons. The maximum atomic E-state index is 11.8. The molecule has 0 aromatic rings. The molecule has 1 aliphatic carbocycles. The van der Waals surface area contributed by atoms with Crippen LogP contribution in [0.15, 0.2) is 0 Å². The predicted molar refractivity (Wildman–Crippen MR) is 66.3 cm³/mol. The van der Waals surface area contributed by atoms with Gasteiger partial charge in [0.15, 0.2) is 0 Å². The molecule has 2 rings (SSSR count). The number of aliphatic carboxylic acids is 1. The predicted octanol–water partition coefficient (Wildman–Crippen LogP) is 0.243. The number of carbonyl (C=O) groups excluding carboxylic acids is 1. The number of urea groups is 1. The quantitative estimate of drug-likeness (QED) is 0.675. The van der Waals surface area contributed by atoms with Gasteiger partial charge in [-0.25, -0.2) is 4.79 Å². The van der Waals surface area contributed by atoms with Crippen LogP contribution in [0, 0.1) is 5.92 Å². The van der Waals surface area contributed by atoms with Gasteiger partial charge in [0.25, 0.3) is 0 Å². The van der Waals surface area contributed by atoms with Crippen LogP contribution in [0.5, 0.6) is 0 Å². The molecular formula is C12H21N3O3. The molecule has 2 fully saturated rings. The molecule has 0 aromatic carbocycles. The summed E-state index contributed by atoms with van der Waals surface area (Å²) in [5, 5.41) is 14.7. The van der Waals surface area contributed by atoms with Crippen LogP contribution in [0.25, 0.3) is 0 Å². The van der Waals surface area contributed by atoms with Crippen molar-refractivity contribution in [2.24, 2.45) is 5.92 Å². The smallest absolute Gasteiger partial charge is 0.315 e. The van der Waals surface area contributed by atoms with E-state index in [9.17, 15) is 9.59 Å². The minimum atomic E-state index is -0.753. The zero-order chi connectivity index (χ0) is 13.1. The van der Waals surface area contributed by atoms with Crippen LogP contribution in [-0.2, 0) is 4.79 Å². The monoisotopic (exact) mass is 255 g/mol. The normalized spacial score (nSPS) is 32.4. The third-order valence-electron chi connectivity index (χ3n) is 3.84. The number of hydrogen-bond acceptors (Lipinski definition) is 3. The number of carboxylic acid groups (broad SMARTS) is 1. The zero-order valence-electron chi connectivity index (χ0n) is 10.7. The van der Waals surface area contributed by atoms with Crippen molar-refractivity contribution in [2.75, 3.05) is 20.1 Å². The van der Waals surface area contributed by atoms with E-state index < -0.39 is 5.97 Å². The summed E-state index contributed by atoms with van der Waals surface area (Å²) in [6.45, 7) is 1.89. The third-order valence-corrected chi connectivity index (χ3v) is 3.84. The van der Waals surface area contributed by atoms with E-state index in [0.717, 1.165) is 25.9 Å². The summed E-state index contributed by atoms with van der Waals surface area (Å²) < 4.78 is 0. The Kier molecular flexibility index (Phi) is 4.06. The Bertz CT molecular complexity index is 335. The molecule has 2 aliphatic rings. The molecule has 3 unspecified atom stereocenters. The maximum Gasteiger partial charge on any atom is 0.315 e. The SMILES string of the molecule is CN1CCC(NC(=O)NC2CCC(C(=O)O)C2)C1. The summed E-state index contributed by atoms with van der Waals surface area (Å²) in [7, 11) is 2.04. The fraction of sp³-hybridized carbons (Fsp3) is 0.833. The van der Waals surface area contributed by atoms with E-state index >= 15 is 0 Å². The summed E-state index contributed by atoms with van der Waals surface area (Å²) >= 11 is 0. The summed E-state index contributed by atoms with van der Waals surface area (Å²) in [6, 6.07) is 0.0586. The molecule has 18 heavy (non-hydrogen) atoms. The lowest BCUT2D eigenvalue weighted by Gasteiger charge is -2.17. The van der Waals surface area contributed by atoms with Gasteiger partial charge in [-0.3, -0.25) is 4.79 Å². The van der Waals surface area contributed by atoms with Gasteiger partial charge in [0, 0.05) is 18.6 Å². The van der Waals surface area contributed by atoms with Crippen LogP contribution in [0.2, 0.25) is 0 Å². The van der Waals surface area contributed by atoms with Crippen molar-refractivity contribution >= 4 is 12.0 Å². The largest absolute Gasteiger partial charge is 0.481 e. The first-order chi connectivity index (χ1) is 8.54. The Morgan fingerprint density at radius 3 is 2.44 bits per heavy atom. The molecule has 3 atom stereocenters. The van der Waals surface area contributed by atoms with Crippen LogP contribution in [0.3, 0.4) is 0 Å². The second-order valence-corrected chi connectivity index (χ2v) is 5.41. The second kappa shape index (κ2) is 5.56. The summed E-state index contributed by atoms with van der Waals surface area (Å²) in [5.41, 5.74) is 0. The van der Waals surface area contributed by atoms with Crippen molar-refractivity contribution in [1.82, 2.24) is 15.5 Å². The van der Waals surface area contributed by atoms with Crippen molar-refractivity contribution in [3.63, 3.8) is 0 Å². The fourth-order valence-electron chi connectivity index (χ4n) is 2.80. The number of amides is 2. The van der Waals surface area contributed by atoms with Gasteiger partial charge >= 0.3 is 12.0 Å². The number of rotatable bonds is 3. The molecule has 0 spiro atoms. The first-order valence-corrected chi connectivity index (χ1v) is 6.53. The lowest BCUT2D eigenvalue weighted by Crippen LogP contribution is -2.46. The second-order valence-electron chi connectivity index (χ2n) is 5.41. The van der Waals surface area contributed by atoms with Gasteiger partial charge in [-0.05, 0) is 39.3 Å². The van der Waals surface area contributed by atoms with Gasteiger partial charge in [-0.2, -0.15) is 0 Å². The third kappa shape index (κ3) is 3.35. The first kappa shape index (κ1) is 13.1. The molecule has 1 saturated heterocycles. The first-order valence-electron chi connectivity index (χ1n) is 6.53. The van der Waals surface area contributed by atoms with E-state index in [1.54, 1.807) is 0 Å². The van der Waals surface area contributed by atoms with Crippen LogP contribution in [-0.4, -0.2) is 54.2 Å². The summed E-state index contributed by atoms with van der Waals surface area (Å²) in [5.74, 6) is -1.05. The Balaban J connectivity index is 1.70. The Labute approximate surface area is 107 Å². The fourth-order valence-corrected chi connectivity index (χ4v) is 2.80. The summed E-state index contributed by atoms with van der Waals surface area (Å²) in [4.78, 5) is 24.7. The molecule has 1 saturated carbocycles. The van der Waals surface area contributed by atoms with E-state index in [4.69, 9.17) is 5.11 Å². The highest BCUT2D eigenvalue weighted by Crippen LogP contribution is 2.25. The number of carbonyl (C=O) groups is 2. The lowest BCUT2D eigenvalue weighted by molar-refractivity contribution is -0.141. The van der Waals surface area contributed by atoms with Crippen molar-refractivity contribution in [2.45, 2.75) is 37.8 Å².